The quantitative estimate of drug-likeness (QED) is 0.731. The lowest BCUT2D eigenvalue weighted by Crippen LogP contribution is -2.32. The molecule has 0 saturated heterocycles. The number of hydrogen-bond acceptors (Lipinski definition) is 3. The van der Waals surface area contributed by atoms with E-state index in [2.05, 4.69) is 17.2 Å². The second-order valence-corrected chi connectivity index (χ2v) is 4.62. The Labute approximate surface area is 108 Å². The van der Waals surface area contributed by atoms with E-state index in [1.165, 1.54) is 37.7 Å². The highest BCUT2D eigenvalue weighted by molar-refractivity contribution is 5.96. The molecule has 1 aromatic rings. The predicted molar refractivity (Wildman–Crippen MR) is 71.6 cm³/mol. The summed E-state index contributed by atoms with van der Waals surface area (Å²) in [5, 5.41) is 12.4. The van der Waals surface area contributed by atoms with Crippen LogP contribution in [0.25, 0.3) is 0 Å². The van der Waals surface area contributed by atoms with Crippen molar-refractivity contribution in [3.05, 3.63) is 24.0 Å². The Morgan fingerprint density at radius 1 is 1.44 bits per heavy atom. The molecule has 4 heteroatoms. The van der Waals surface area contributed by atoms with Crippen LogP contribution in [0.2, 0.25) is 0 Å². The number of rotatable bonds is 7. The molecule has 0 bridgehead atoms. The second kappa shape index (κ2) is 7.69. The van der Waals surface area contributed by atoms with Crippen LogP contribution in [0.4, 0.5) is 0 Å². The van der Waals surface area contributed by atoms with Crippen molar-refractivity contribution in [1.29, 1.82) is 0 Å². The maximum atomic E-state index is 11.9. The van der Waals surface area contributed by atoms with Crippen molar-refractivity contribution in [2.24, 2.45) is 0 Å². The predicted octanol–water partition coefficient (Wildman–Crippen LogP) is 2.88. The molecule has 1 unspecified atom stereocenters. The molecule has 1 heterocycles. The highest BCUT2D eigenvalue weighted by atomic mass is 16.3. The summed E-state index contributed by atoms with van der Waals surface area (Å²) in [6, 6.07) is 1.65. The highest BCUT2D eigenvalue weighted by Gasteiger charge is 2.12. The van der Waals surface area contributed by atoms with Crippen LogP contribution in [0.15, 0.2) is 18.5 Å². The smallest absolute Gasteiger partial charge is 0.255 e. The fourth-order valence-electron chi connectivity index (χ4n) is 1.83. The lowest BCUT2D eigenvalue weighted by Gasteiger charge is -2.14. The molecule has 1 aromatic heterocycles. The van der Waals surface area contributed by atoms with Gasteiger partial charge in [-0.05, 0) is 19.4 Å². The van der Waals surface area contributed by atoms with E-state index in [4.69, 9.17) is 0 Å². The van der Waals surface area contributed by atoms with E-state index >= 15 is 0 Å². The Hall–Kier alpha value is -1.58. The zero-order valence-electron chi connectivity index (χ0n) is 11.1. The Morgan fingerprint density at radius 3 is 2.89 bits per heavy atom. The van der Waals surface area contributed by atoms with Crippen LogP contribution >= 0.6 is 0 Å². The third kappa shape index (κ3) is 4.73. The minimum atomic E-state index is -0.238. The van der Waals surface area contributed by atoms with E-state index in [1.54, 1.807) is 0 Å². The molecule has 1 amide bonds. The summed E-state index contributed by atoms with van der Waals surface area (Å²) in [4.78, 5) is 15.6. The molecular formula is C14H22N2O2. The van der Waals surface area contributed by atoms with Crippen LogP contribution in [0.1, 0.15) is 56.3 Å². The summed E-state index contributed by atoms with van der Waals surface area (Å²) >= 11 is 0. The Kier molecular flexibility index (Phi) is 6.19. The van der Waals surface area contributed by atoms with Crippen molar-refractivity contribution in [1.82, 2.24) is 10.3 Å². The van der Waals surface area contributed by atoms with Gasteiger partial charge in [-0.1, -0.05) is 32.6 Å². The van der Waals surface area contributed by atoms with E-state index in [0.717, 1.165) is 12.8 Å². The first-order chi connectivity index (χ1) is 8.65. The number of hydrogen-bond donors (Lipinski definition) is 2. The van der Waals surface area contributed by atoms with Gasteiger partial charge < -0.3 is 10.4 Å². The molecule has 0 radical (unpaired) electrons. The van der Waals surface area contributed by atoms with Gasteiger partial charge in [-0.3, -0.25) is 9.78 Å². The lowest BCUT2D eigenvalue weighted by molar-refractivity contribution is 0.0935. The van der Waals surface area contributed by atoms with Crippen LogP contribution < -0.4 is 5.32 Å². The van der Waals surface area contributed by atoms with Crippen LogP contribution in [-0.4, -0.2) is 22.0 Å². The fraction of sp³-hybridized carbons (Fsp3) is 0.571. The SMILES string of the molecule is CCCCCCC(C)NC(=O)c1ccncc1O. The molecule has 0 saturated carbocycles. The molecule has 0 aliphatic carbocycles. The molecule has 1 rings (SSSR count). The van der Waals surface area contributed by atoms with Crippen LogP contribution in [0.5, 0.6) is 5.75 Å². The first kappa shape index (κ1) is 14.5. The maximum absolute atomic E-state index is 11.9. The van der Waals surface area contributed by atoms with Crippen molar-refractivity contribution >= 4 is 5.91 Å². The molecule has 0 aromatic carbocycles. The number of aromatic hydroxyl groups is 1. The number of carbonyl (C=O) groups excluding carboxylic acids is 1. The number of nitrogens with zero attached hydrogens (tertiary/aromatic N) is 1. The van der Waals surface area contributed by atoms with Crippen molar-refractivity contribution in [3.8, 4) is 5.75 Å². The third-order valence-electron chi connectivity index (χ3n) is 2.91. The van der Waals surface area contributed by atoms with E-state index in [0.29, 0.717) is 0 Å². The van der Waals surface area contributed by atoms with Crippen molar-refractivity contribution in [2.75, 3.05) is 0 Å². The van der Waals surface area contributed by atoms with Crippen molar-refractivity contribution in [2.45, 2.75) is 52.0 Å². The van der Waals surface area contributed by atoms with E-state index < -0.39 is 0 Å². The van der Waals surface area contributed by atoms with Crippen molar-refractivity contribution in [3.63, 3.8) is 0 Å². The molecule has 18 heavy (non-hydrogen) atoms. The average molecular weight is 250 g/mol. The Balaban J connectivity index is 2.38. The monoisotopic (exact) mass is 250 g/mol. The number of amides is 1. The Morgan fingerprint density at radius 2 is 2.22 bits per heavy atom. The highest BCUT2D eigenvalue weighted by Crippen LogP contribution is 2.14. The molecule has 100 valence electrons. The van der Waals surface area contributed by atoms with Gasteiger partial charge in [-0.2, -0.15) is 0 Å². The van der Waals surface area contributed by atoms with Gasteiger partial charge in [-0.15, -0.1) is 0 Å². The van der Waals surface area contributed by atoms with Gasteiger partial charge in [0.2, 0.25) is 0 Å². The summed E-state index contributed by atoms with van der Waals surface area (Å²) in [7, 11) is 0. The molecule has 1 atom stereocenters. The summed E-state index contributed by atoms with van der Waals surface area (Å²) in [5.41, 5.74) is 0.283. The van der Waals surface area contributed by atoms with Gasteiger partial charge in [0.05, 0.1) is 11.8 Å². The van der Waals surface area contributed by atoms with Crippen LogP contribution in [-0.2, 0) is 0 Å². The topological polar surface area (TPSA) is 62.2 Å². The Bertz CT molecular complexity index is 380. The standard InChI is InChI=1S/C14H22N2O2/c1-3-4-5-6-7-11(2)16-14(18)12-8-9-15-10-13(12)17/h8-11,17H,3-7H2,1-2H3,(H,16,18). The first-order valence-electron chi connectivity index (χ1n) is 6.59. The van der Waals surface area contributed by atoms with Crippen LogP contribution in [0.3, 0.4) is 0 Å². The van der Waals surface area contributed by atoms with Gasteiger partial charge >= 0.3 is 0 Å². The van der Waals surface area contributed by atoms with Gasteiger partial charge in [0.1, 0.15) is 5.75 Å². The summed E-state index contributed by atoms with van der Waals surface area (Å²) in [6.07, 6.45) is 8.53. The number of nitrogens with one attached hydrogen (secondary N) is 1. The summed E-state index contributed by atoms with van der Waals surface area (Å²) in [5.74, 6) is -0.314. The number of aromatic nitrogens is 1. The second-order valence-electron chi connectivity index (χ2n) is 4.62. The first-order valence-corrected chi connectivity index (χ1v) is 6.59. The van der Waals surface area contributed by atoms with Crippen LogP contribution in [0, 0.1) is 0 Å². The minimum absolute atomic E-state index is 0.0758. The third-order valence-corrected chi connectivity index (χ3v) is 2.91. The van der Waals surface area contributed by atoms with E-state index in [9.17, 15) is 9.90 Å². The lowest BCUT2D eigenvalue weighted by atomic mass is 10.1. The molecule has 0 aliphatic rings. The molecular weight excluding hydrogens is 228 g/mol. The zero-order valence-corrected chi connectivity index (χ0v) is 11.1. The average Bonchev–Trinajstić information content (AvgIpc) is 2.35. The number of pyridine rings is 1. The maximum Gasteiger partial charge on any atom is 0.255 e. The van der Waals surface area contributed by atoms with E-state index in [-0.39, 0.29) is 23.3 Å². The zero-order chi connectivity index (χ0) is 13.4. The number of unbranched alkanes of at least 4 members (excludes halogenated alkanes) is 3. The van der Waals surface area contributed by atoms with Crippen molar-refractivity contribution < 1.29 is 9.90 Å². The van der Waals surface area contributed by atoms with Gasteiger partial charge in [-0.25, -0.2) is 0 Å². The van der Waals surface area contributed by atoms with Gasteiger partial charge in [0.25, 0.3) is 5.91 Å². The molecule has 0 spiro atoms. The van der Waals surface area contributed by atoms with E-state index in [1.807, 2.05) is 6.92 Å². The molecule has 0 fully saturated rings. The number of carbonyl (C=O) groups is 1. The summed E-state index contributed by atoms with van der Waals surface area (Å²) in [6.45, 7) is 4.17. The largest absolute Gasteiger partial charge is 0.505 e. The fourth-order valence-corrected chi connectivity index (χ4v) is 1.83. The van der Waals surface area contributed by atoms with Gasteiger partial charge in [0, 0.05) is 12.2 Å². The molecule has 0 aliphatic heterocycles. The molecule has 2 N–H and O–H groups in total. The normalized spacial score (nSPS) is 12.1. The summed E-state index contributed by atoms with van der Waals surface area (Å²) < 4.78 is 0. The van der Waals surface area contributed by atoms with Gasteiger partial charge in [0.15, 0.2) is 0 Å². The minimum Gasteiger partial charge on any atom is -0.505 e. The molecule has 4 nitrogen and oxygen atoms in total.